The van der Waals surface area contributed by atoms with Gasteiger partial charge in [-0.05, 0) is 26.0 Å². The first kappa shape index (κ1) is 14.4. The van der Waals surface area contributed by atoms with Gasteiger partial charge in [-0.15, -0.1) is 0 Å². The maximum atomic E-state index is 12.3. The van der Waals surface area contributed by atoms with E-state index in [1.54, 1.807) is 13.8 Å². The summed E-state index contributed by atoms with van der Waals surface area (Å²) in [6, 6.07) is 1.96. The van der Waals surface area contributed by atoms with Gasteiger partial charge >= 0.3 is 6.18 Å². The van der Waals surface area contributed by atoms with Crippen molar-refractivity contribution in [2.24, 2.45) is 11.1 Å². The van der Waals surface area contributed by atoms with Crippen LogP contribution in [-0.4, -0.2) is 17.4 Å². The molecule has 0 saturated carbocycles. The topological polar surface area (TPSA) is 68.0 Å². The fourth-order valence-electron chi connectivity index (χ4n) is 1.03. The fraction of sp³-hybridized carbons (Fsp3) is 0.455. The van der Waals surface area contributed by atoms with E-state index in [1.807, 2.05) is 0 Å². The number of carbonyl (C=O) groups excluding carboxylic acids is 1. The minimum atomic E-state index is -4.49. The smallest absolute Gasteiger partial charge is 0.329 e. The highest BCUT2D eigenvalue weighted by molar-refractivity contribution is 5.94. The van der Waals surface area contributed by atoms with Gasteiger partial charge in [0.15, 0.2) is 0 Å². The molecular weight excluding hydrogens is 247 g/mol. The maximum absolute atomic E-state index is 12.3. The minimum absolute atomic E-state index is 0.132. The lowest BCUT2D eigenvalue weighted by molar-refractivity contribution is -0.141. The quantitative estimate of drug-likeness (QED) is 0.874. The van der Waals surface area contributed by atoms with Crippen molar-refractivity contribution in [1.82, 2.24) is 4.98 Å². The number of anilines is 1. The van der Waals surface area contributed by atoms with Crippen molar-refractivity contribution in [3.8, 4) is 0 Å². The van der Waals surface area contributed by atoms with Crippen molar-refractivity contribution < 1.29 is 18.0 Å². The normalized spacial score (nSPS) is 12.3. The van der Waals surface area contributed by atoms with Gasteiger partial charge in [-0.3, -0.25) is 4.79 Å². The van der Waals surface area contributed by atoms with Gasteiger partial charge in [0.05, 0.1) is 17.3 Å². The van der Waals surface area contributed by atoms with Gasteiger partial charge in [-0.25, -0.2) is 4.98 Å². The summed E-state index contributed by atoms with van der Waals surface area (Å²) in [6.07, 6.45) is -3.52. The van der Waals surface area contributed by atoms with E-state index in [9.17, 15) is 18.0 Å². The van der Waals surface area contributed by atoms with Crippen molar-refractivity contribution in [1.29, 1.82) is 0 Å². The Balaban J connectivity index is 2.79. The van der Waals surface area contributed by atoms with Crippen LogP contribution in [-0.2, 0) is 11.0 Å². The summed E-state index contributed by atoms with van der Waals surface area (Å²) in [7, 11) is 0. The minimum Gasteiger partial charge on any atom is -0.329 e. The Morgan fingerprint density at radius 1 is 1.39 bits per heavy atom. The summed E-state index contributed by atoms with van der Waals surface area (Å²) in [5.41, 5.74) is 3.83. The van der Waals surface area contributed by atoms with Gasteiger partial charge in [0.25, 0.3) is 0 Å². The molecule has 0 fully saturated rings. The number of carbonyl (C=O) groups is 1. The van der Waals surface area contributed by atoms with Crippen molar-refractivity contribution in [3.63, 3.8) is 0 Å². The van der Waals surface area contributed by atoms with Crippen LogP contribution in [0.25, 0.3) is 0 Å². The van der Waals surface area contributed by atoms with Crippen LogP contribution in [0.15, 0.2) is 18.3 Å². The summed E-state index contributed by atoms with van der Waals surface area (Å²) >= 11 is 0. The molecule has 100 valence electrons. The third kappa shape index (κ3) is 3.43. The van der Waals surface area contributed by atoms with Gasteiger partial charge in [0, 0.05) is 6.54 Å². The highest BCUT2D eigenvalue weighted by atomic mass is 19.4. The van der Waals surface area contributed by atoms with Gasteiger partial charge in [-0.2, -0.15) is 13.2 Å². The molecule has 0 aliphatic rings. The van der Waals surface area contributed by atoms with Crippen LogP contribution in [0.5, 0.6) is 0 Å². The average molecular weight is 261 g/mol. The van der Waals surface area contributed by atoms with Crippen molar-refractivity contribution >= 4 is 11.6 Å². The van der Waals surface area contributed by atoms with E-state index in [-0.39, 0.29) is 18.1 Å². The van der Waals surface area contributed by atoms with Gasteiger partial charge in [0.1, 0.15) is 5.69 Å². The zero-order valence-corrected chi connectivity index (χ0v) is 10.0. The molecule has 4 nitrogen and oxygen atoms in total. The average Bonchev–Trinajstić information content (AvgIpc) is 2.28. The van der Waals surface area contributed by atoms with Crippen molar-refractivity contribution in [2.45, 2.75) is 20.0 Å². The Morgan fingerprint density at radius 2 is 2.00 bits per heavy atom. The third-order valence-electron chi connectivity index (χ3n) is 2.44. The Hall–Kier alpha value is -1.63. The molecule has 0 bridgehead atoms. The SMILES string of the molecule is CC(C)(CN)C(=O)Nc1ccc(C(F)(F)F)nc1. The van der Waals surface area contributed by atoms with E-state index >= 15 is 0 Å². The zero-order valence-electron chi connectivity index (χ0n) is 10.0. The second-order valence-corrected chi connectivity index (χ2v) is 4.47. The summed E-state index contributed by atoms with van der Waals surface area (Å²) in [6.45, 7) is 3.41. The molecule has 3 N–H and O–H groups in total. The van der Waals surface area contributed by atoms with Crippen LogP contribution in [0.3, 0.4) is 0 Å². The fourth-order valence-corrected chi connectivity index (χ4v) is 1.03. The summed E-state index contributed by atoms with van der Waals surface area (Å²) in [4.78, 5) is 14.9. The Morgan fingerprint density at radius 3 is 2.39 bits per heavy atom. The Labute approximate surface area is 102 Å². The van der Waals surface area contributed by atoms with Gasteiger partial charge < -0.3 is 11.1 Å². The second-order valence-electron chi connectivity index (χ2n) is 4.47. The van der Waals surface area contributed by atoms with E-state index in [4.69, 9.17) is 5.73 Å². The zero-order chi connectivity index (χ0) is 14.0. The highest BCUT2D eigenvalue weighted by Gasteiger charge is 2.32. The number of hydrogen-bond donors (Lipinski definition) is 2. The molecule has 1 rings (SSSR count). The predicted molar refractivity (Wildman–Crippen MR) is 60.7 cm³/mol. The molecule has 0 saturated heterocycles. The Kier molecular flexibility index (Phi) is 3.95. The molecule has 0 aromatic carbocycles. The molecule has 7 heteroatoms. The highest BCUT2D eigenvalue weighted by Crippen LogP contribution is 2.28. The molecule has 1 heterocycles. The molecule has 0 spiro atoms. The van der Waals surface area contributed by atoms with Crippen molar-refractivity contribution in [3.05, 3.63) is 24.0 Å². The standard InChI is InChI=1S/C11H14F3N3O/c1-10(2,6-15)9(18)17-7-3-4-8(16-5-7)11(12,13)14/h3-5H,6,15H2,1-2H3,(H,17,18). The van der Waals surface area contributed by atoms with E-state index < -0.39 is 17.3 Å². The second kappa shape index (κ2) is 4.93. The number of hydrogen-bond acceptors (Lipinski definition) is 3. The van der Waals surface area contributed by atoms with Crippen LogP contribution >= 0.6 is 0 Å². The summed E-state index contributed by atoms with van der Waals surface area (Å²) in [5, 5.41) is 2.46. The van der Waals surface area contributed by atoms with E-state index in [1.165, 1.54) is 0 Å². The van der Waals surface area contributed by atoms with Crippen molar-refractivity contribution in [2.75, 3.05) is 11.9 Å². The van der Waals surface area contributed by atoms with Gasteiger partial charge in [-0.1, -0.05) is 0 Å². The van der Waals surface area contributed by atoms with Crippen LogP contribution in [0.2, 0.25) is 0 Å². The molecule has 1 amide bonds. The molecule has 1 aromatic rings. The monoisotopic (exact) mass is 261 g/mol. The number of alkyl halides is 3. The van der Waals surface area contributed by atoms with Gasteiger partial charge in [0.2, 0.25) is 5.91 Å². The number of nitrogens with two attached hydrogens (primary N) is 1. The van der Waals surface area contributed by atoms with E-state index in [2.05, 4.69) is 10.3 Å². The van der Waals surface area contributed by atoms with Crippen LogP contribution in [0.4, 0.5) is 18.9 Å². The van der Waals surface area contributed by atoms with E-state index in [0.717, 1.165) is 18.3 Å². The predicted octanol–water partition coefficient (Wildman–Crippen LogP) is 2.02. The van der Waals surface area contributed by atoms with Crippen LogP contribution in [0, 0.1) is 5.41 Å². The number of halogens is 3. The molecule has 0 aliphatic carbocycles. The molecule has 0 atom stereocenters. The lowest BCUT2D eigenvalue weighted by Gasteiger charge is -2.21. The number of pyridine rings is 1. The number of rotatable bonds is 3. The third-order valence-corrected chi connectivity index (χ3v) is 2.44. The number of nitrogens with one attached hydrogen (secondary N) is 1. The molecule has 0 aliphatic heterocycles. The molecule has 0 radical (unpaired) electrons. The van der Waals surface area contributed by atoms with Crippen LogP contribution < -0.4 is 11.1 Å². The molecule has 18 heavy (non-hydrogen) atoms. The summed E-state index contributed by atoms with van der Waals surface area (Å²) < 4.78 is 36.8. The van der Waals surface area contributed by atoms with Crippen LogP contribution in [0.1, 0.15) is 19.5 Å². The maximum Gasteiger partial charge on any atom is 0.433 e. The largest absolute Gasteiger partial charge is 0.433 e. The molecular formula is C11H14F3N3O. The first-order chi connectivity index (χ1) is 8.16. The lowest BCUT2D eigenvalue weighted by atomic mass is 9.92. The summed E-state index contributed by atoms with van der Waals surface area (Å²) in [5.74, 6) is -0.369. The number of aromatic nitrogens is 1. The Bertz CT molecular complexity index is 426. The first-order valence-electron chi connectivity index (χ1n) is 5.21. The number of nitrogens with zero attached hydrogens (tertiary/aromatic N) is 1. The molecule has 0 unspecified atom stereocenters. The lowest BCUT2D eigenvalue weighted by Crippen LogP contribution is -2.37. The molecule has 1 aromatic heterocycles. The first-order valence-corrected chi connectivity index (χ1v) is 5.21. The number of amides is 1. The van der Waals surface area contributed by atoms with E-state index in [0.29, 0.717) is 0 Å².